The molecule has 0 radical (unpaired) electrons. The maximum atomic E-state index is 11.9. The van der Waals surface area contributed by atoms with E-state index in [2.05, 4.69) is 10.3 Å². The molecule has 1 atom stereocenters. The molecular weight excluding hydrogens is 226 g/mol. The molecule has 1 aliphatic heterocycles. The van der Waals surface area contributed by atoms with Crippen molar-refractivity contribution >= 4 is 11.6 Å². The molecule has 1 aromatic rings. The van der Waals surface area contributed by atoms with E-state index in [0.717, 1.165) is 18.5 Å². The molecule has 1 saturated heterocycles. The molecule has 0 aliphatic carbocycles. The Morgan fingerprint density at radius 1 is 1.50 bits per heavy atom. The largest absolute Gasteiger partial charge is 0.384 e. The summed E-state index contributed by atoms with van der Waals surface area (Å²) >= 11 is 0. The predicted octanol–water partition coefficient (Wildman–Crippen LogP) is 1.70. The smallest absolute Gasteiger partial charge is 0.137 e. The summed E-state index contributed by atoms with van der Waals surface area (Å²) in [5.41, 5.74) is 6.55. The third-order valence-electron chi connectivity index (χ3n) is 3.43. The highest BCUT2D eigenvalue weighted by atomic mass is 16.1. The van der Waals surface area contributed by atoms with E-state index in [0.29, 0.717) is 24.7 Å². The zero-order valence-corrected chi connectivity index (χ0v) is 10.7. The zero-order chi connectivity index (χ0) is 12.8. The van der Waals surface area contributed by atoms with Gasteiger partial charge in [-0.1, -0.05) is 6.42 Å². The Hall–Kier alpha value is -1.42. The van der Waals surface area contributed by atoms with Gasteiger partial charge in [0.15, 0.2) is 0 Å². The minimum atomic E-state index is 0.285. The summed E-state index contributed by atoms with van der Waals surface area (Å²) < 4.78 is 0. The zero-order valence-electron chi connectivity index (χ0n) is 10.7. The van der Waals surface area contributed by atoms with Crippen molar-refractivity contribution in [2.45, 2.75) is 44.6 Å². The minimum absolute atomic E-state index is 0.285. The van der Waals surface area contributed by atoms with Crippen LogP contribution in [0.15, 0.2) is 18.3 Å². The summed E-state index contributed by atoms with van der Waals surface area (Å²) in [7, 11) is 0. The monoisotopic (exact) mass is 247 g/mol. The fraction of sp³-hybridized carbons (Fsp3) is 0.571. The lowest BCUT2D eigenvalue weighted by atomic mass is 9.98. The van der Waals surface area contributed by atoms with Gasteiger partial charge < -0.3 is 11.1 Å². The number of ketones is 1. The van der Waals surface area contributed by atoms with Crippen molar-refractivity contribution in [2.75, 3.05) is 12.3 Å². The second-order valence-electron chi connectivity index (χ2n) is 4.99. The molecule has 0 bridgehead atoms. The van der Waals surface area contributed by atoms with Gasteiger partial charge in [-0.05, 0) is 43.5 Å². The number of pyridine rings is 1. The number of nitrogens with zero attached hydrogens (tertiary/aromatic N) is 1. The van der Waals surface area contributed by atoms with Gasteiger partial charge in [0.05, 0.1) is 0 Å². The number of hydrogen-bond donors (Lipinski definition) is 2. The van der Waals surface area contributed by atoms with Gasteiger partial charge in [0, 0.05) is 25.1 Å². The summed E-state index contributed by atoms with van der Waals surface area (Å²) in [5, 5.41) is 3.47. The van der Waals surface area contributed by atoms with Gasteiger partial charge in [0.2, 0.25) is 0 Å². The quantitative estimate of drug-likeness (QED) is 0.831. The number of piperidine rings is 1. The van der Waals surface area contributed by atoms with Crippen molar-refractivity contribution in [3.8, 4) is 0 Å². The number of anilines is 1. The Labute approximate surface area is 108 Å². The molecule has 0 spiro atoms. The fourth-order valence-corrected chi connectivity index (χ4v) is 2.43. The number of nitrogens with two attached hydrogens (primary N) is 1. The normalized spacial score (nSPS) is 19.7. The Morgan fingerprint density at radius 3 is 3.11 bits per heavy atom. The molecule has 1 unspecified atom stereocenters. The highest BCUT2D eigenvalue weighted by Gasteiger charge is 2.14. The first-order valence-electron chi connectivity index (χ1n) is 6.69. The molecule has 18 heavy (non-hydrogen) atoms. The summed E-state index contributed by atoms with van der Waals surface area (Å²) in [6.07, 6.45) is 7.49. The maximum absolute atomic E-state index is 11.9. The Bertz CT molecular complexity index is 400. The fourth-order valence-electron chi connectivity index (χ4n) is 2.43. The van der Waals surface area contributed by atoms with E-state index in [9.17, 15) is 4.79 Å². The standard InChI is InChI=1S/C14H21N3O/c15-14-10-11(6-8-17-14)9-13(18)5-4-12-3-1-2-7-16-12/h6,8,10,12,16H,1-5,7,9H2,(H2,15,17). The van der Waals surface area contributed by atoms with Crippen LogP contribution in [0.25, 0.3) is 0 Å². The van der Waals surface area contributed by atoms with Gasteiger partial charge in [-0.2, -0.15) is 0 Å². The number of carbonyl (C=O) groups is 1. The molecule has 2 heterocycles. The number of rotatable bonds is 5. The highest BCUT2D eigenvalue weighted by molar-refractivity contribution is 5.81. The molecule has 98 valence electrons. The molecule has 1 fully saturated rings. The van der Waals surface area contributed by atoms with Crippen LogP contribution in [0.2, 0.25) is 0 Å². The Balaban J connectivity index is 1.74. The van der Waals surface area contributed by atoms with Gasteiger partial charge in [-0.25, -0.2) is 4.98 Å². The summed E-state index contributed by atoms with van der Waals surface area (Å²) in [4.78, 5) is 15.8. The second-order valence-corrected chi connectivity index (χ2v) is 4.99. The van der Waals surface area contributed by atoms with Crippen molar-refractivity contribution < 1.29 is 4.79 Å². The molecule has 3 N–H and O–H groups in total. The van der Waals surface area contributed by atoms with Crippen molar-refractivity contribution in [1.82, 2.24) is 10.3 Å². The lowest BCUT2D eigenvalue weighted by Gasteiger charge is -2.22. The lowest BCUT2D eigenvalue weighted by Crippen LogP contribution is -2.34. The van der Waals surface area contributed by atoms with Crippen LogP contribution in [0.4, 0.5) is 5.82 Å². The molecule has 4 nitrogen and oxygen atoms in total. The topological polar surface area (TPSA) is 68.0 Å². The van der Waals surface area contributed by atoms with E-state index in [1.54, 1.807) is 12.3 Å². The van der Waals surface area contributed by atoms with Crippen molar-refractivity contribution in [3.05, 3.63) is 23.9 Å². The molecule has 0 amide bonds. The molecule has 1 aliphatic rings. The van der Waals surface area contributed by atoms with E-state index < -0.39 is 0 Å². The Morgan fingerprint density at radius 2 is 2.39 bits per heavy atom. The molecule has 1 aromatic heterocycles. The van der Waals surface area contributed by atoms with Gasteiger partial charge in [-0.15, -0.1) is 0 Å². The van der Waals surface area contributed by atoms with Crippen molar-refractivity contribution in [1.29, 1.82) is 0 Å². The van der Waals surface area contributed by atoms with Crippen LogP contribution in [0.3, 0.4) is 0 Å². The maximum Gasteiger partial charge on any atom is 0.137 e. The van der Waals surface area contributed by atoms with Crippen LogP contribution < -0.4 is 11.1 Å². The number of nitrogens with one attached hydrogen (secondary N) is 1. The van der Waals surface area contributed by atoms with Crippen LogP contribution in [0.1, 0.15) is 37.7 Å². The SMILES string of the molecule is Nc1cc(CC(=O)CCC2CCCCN2)ccn1. The van der Waals surface area contributed by atoms with E-state index in [4.69, 9.17) is 5.73 Å². The van der Waals surface area contributed by atoms with Crippen LogP contribution in [0, 0.1) is 0 Å². The van der Waals surface area contributed by atoms with Crippen LogP contribution in [0.5, 0.6) is 0 Å². The van der Waals surface area contributed by atoms with Crippen molar-refractivity contribution in [2.24, 2.45) is 0 Å². The first kappa shape index (κ1) is 13.0. The highest BCUT2D eigenvalue weighted by Crippen LogP contribution is 2.13. The number of nitrogen functional groups attached to an aromatic ring is 1. The van der Waals surface area contributed by atoms with E-state index in [1.807, 2.05) is 6.07 Å². The van der Waals surface area contributed by atoms with Gasteiger partial charge in [0.1, 0.15) is 11.6 Å². The van der Waals surface area contributed by atoms with Crippen LogP contribution in [-0.4, -0.2) is 23.4 Å². The van der Waals surface area contributed by atoms with E-state index in [1.165, 1.54) is 19.3 Å². The average molecular weight is 247 g/mol. The Kier molecular flexibility index (Phi) is 4.70. The first-order chi connectivity index (χ1) is 8.74. The van der Waals surface area contributed by atoms with Gasteiger partial charge in [-0.3, -0.25) is 4.79 Å². The molecule has 0 aromatic carbocycles. The number of aromatic nitrogens is 1. The average Bonchev–Trinajstić information content (AvgIpc) is 2.38. The molecule has 2 rings (SSSR count). The van der Waals surface area contributed by atoms with E-state index >= 15 is 0 Å². The summed E-state index contributed by atoms with van der Waals surface area (Å²) in [6, 6.07) is 4.16. The molecular formula is C14H21N3O. The molecule has 0 saturated carbocycles. The van der Waals surface area contributed by atoms with E-state index in [-0.39, 0.29) is 5.78 Å². The van der Waals surface area contributed by atoms with Crippen molar-refractivity contribution in [3.63, 3.8) is 0 Å². The predicted molar refractivity (Wildman–Crippen MR) is 72.2 cm³/mol. The summed E-state index contributed by atoms with van der Waals surface area (Å²) in [5.74, 6) is 0.766. The van der Waals surface area contributed by atoms with Gasteiger partial charge >= 0.3 is 0 Å². The third-order valence-corrected chi connectivity index (χ3v) is 3.43. The first-order valence-corrected chi connectivity index (χ1v) is 6.69. The lowest BCUT2D eigenvalue weighted by molar-refractivity contribution is -0.118. The molecule has 4 heteroatoms. The number of Topliss-reactive ketones (excluding diaryl/α,β-unsaturated/α-hetero) is 1. The third kappa shape index (κ3) is 4.11. The second kappa shape index (κ2) is 6.50. The minimum Gasteiger partial charge on any atom is -0.384 e. The van der Waals surface area contributed by atoms with Gasteiger partial charge in [0.25, 0.3) is 0 Å². The van der Waals surface area contributed by atoms with Crippen LogP contribution >= 0.6 is 0 Å². The number of hydrogen-bond acceptors (Lipinski definition) is 4. The van der Waals surface area contributed by atoms with Crippen LogP contribution in [-0.2, 0) is 11.2 Å². The number of carbonyl (C=O) groups excluding carboxylic acids is 1. The summed E-state index contributed by atoms with van der Waals surface area (Å²) in [6.45, 7) is 1.10.